The Morgan fingerprint density at radius 2 is 1.96 bits per heavy atom. The lowest BCUT2D eigenvalue weighted by atomic mass is 10.2. The van der Waals surface area contributed by atoms with Crippen LogP contribution in [0.25, 0.3) is 0 Å². The number of anilines is 1. The number of ketones is 1. The number of aryl methyl sites for hydroxylation is 1. The fourth-order valence-electron chi connectivity index (χ4n) is 2.04. The van der Waals surface area contributed by atoms with Gasteiger partial charge in [0.05, 0.1) is 0 Å². The summed E-state index contributed by atoms with van der Waals surface area (Å²) in [6.45, 7) is 2.90. The molecule has 0 saturated carbocycles. The van der Waals surface area contributed by atoms with E-state index in [9.17, 15) is 14.4 Å². The lowest BCUT2D eigenvalue weighted by molar-refractivity contribution is -0.123. The van der Waals surface area contributed by atoms with Gasteiger partial charge < -0.3 is 14.6 Å². The predicted molar refractivity (Wildman–Crippen MR) is 93.1 cm³/mol. The van der Waals surface area contributed by atoms with E-state index in [1.807, 2.05) is 6.07 Å². The maximum atomic E-state index is 12.2. The van der Waals surface area contributed by atoms with Crippen molar-refractivity contribution in [3.8, 4) is 0 Å². The Bertz CT molecular complexity index is 798. The van der Waals surface area contributed by atoms with Crippen molar-refractivity contribution in [2.75, 3.05) is 5.32 Å². The van der Waals surface area contributed by atoms with Gasteiger partial charge in [-0.15, -0.1) is 0 Å². The first-order chi connectivity index (χ1) is 11.3. The highest BCUT2D eigenvalue weighted by Crippen LogP contribution is 2.16. The molecule has 0 fully saturated rings. The molecule has 0 unspecified atom stereocenters. The van der Waals surface area contributed by atoms with Crippen LogP contribution in [0.5, 0.6) is 0 Å². The van der Waals surface area contributed by atoms with Crippen LogP contribution in [0.15, 0.2) is 41.0 Å². The highest BCUT2D eigenvalue weighted by atomic mass is 79.9. The van der Waals surface area contributed by atoms with Crippen LogP contribution in [0.4, 0.5) is 5.69 Å². The number of rotatable bonds is 5. The Balaban J connectivity index is 2.03. The average molecular weight is 393 g/mol. The van der Waals surface area contributed by atoms with Crippen LogP contribution >= 0.6 is 15.9 Å². The molecule has 1 atom stereocenters. The number of carbonyl (C=O) groups is 3. The van der Waals surface area contributed by atoms with Crippen LogP contribution in [0.3, 0.4) is 0 Å². The van der Waals surface area contributed by atoms with Gasteiger partial charge in [-0.25, -0.2) is 4.79 Å². The van der Waals surface area contributed by atoms with E-state index in [-0.39, 0.29) is 11.5 Å². The second-order valence-corrected chi connectivity index (χ2v) is 6.24. The van der Waals surface area contributed by atoms with Crippen molar-refractivity contribution < 1.29 is 19.1 Å². The minimum Gasteiger partial charge on any atom is -0.448 e. The van der Waals surface area contributed by atoms with Gasteiger partial charge in [0.2, 0.25) is 0 Å². The molecule has 0 spiro atoms. The number of carbonyl (C=O) groups excluding carboxylic acids is 3. The lowest BCUT2D eigenvalue weighted by Crippen LogP contribution is -2.30. The summed E-state index contributed by atoms with van der Waals surface area (Å²) in [6.07, 6.45) is 0.567. The molecular weight excluding hydrogens is 376 g/mol. The minimum atomic E-state index is -0.979. The number of benzene rings is 1. The molecule has 0 bridgehead atoms. The molecule has 2 rings (SSSR count). The normalized spacial score (nSPS) is 11.7. The van der Waals surface area contributed by atoms with Crippen molar-refractivity contribution in [3.05, 3.63) is 52.3 Å². The summed E-state index contributed by atoms with van der Waals surface area (Å²) in [5.41, 5.74) is 1.22. The molecule has 0 aliphatic rings. The number of amides is 1. The molecule has 1 aromatic heterocycles. The molecule has 1 amide bonds. The standard InChI is InChI=1S/C17H17BrN2O4/c1-10(21)12-7-15(20(3)9-12)17(23)24-11(2)16(22)19-14-6-4-5-13(18)8-14/h4-9,11H,1-3H3,(H,19,22)/t11-/m1/s1. The Hall–Kier alpha value is -2.41. The zero-order chi connectivity index (χ0) is 17.9. The molecule has 126 valence electrons. The molecule has 0 aliphatic heterocycles. The molecule has 1 heterocycles. The monoisotopic (exact) mass is 392 g/mol. The van der Waals surface area contributed by atoms with Crippen LogP contribution in [0, 0.1) is 0 Å². The zero-order valence-electron chi connectivity index (χ0n) is 13.5. The van der Waals surface area contributed by atoms with E-state index in [0.717, 1.165) is 4.47 Å². The molecule has 1 N–H and O–H groups in total. The average Bonchev–Trinajstić information content (AvgIpc) is 2.89. The Morgan fingerprint density at radius 3 is 2.54 bits per heavy atom. The second-order valence-electron chi connectivity index (χ2n) is 5.33. The topological polar surface area (TPSA) is 77.4 Å². The smallest absolute Gasteiger partial charge is 0.355 e. The molecule has 7 heteroatoms. The summed E-state index contributed by atoms with van der Waals surface area (Å²) < 4.78 is 7.50. The number of nitrogens with one attached hydrogen (secondary N) is 1. The van der Waals surface area contributed by atoms with E-state index < -0.39 is 18.0 Å². The summed E-state index contributed by atoms with van der Waals surface area (Å²) in [4.78, 5) is 35.7. The van der Waals surface area contributed by atoms with Crippen LogP contribution < -0.4 is 5.32 Å². The first-order valence-electron chi connectivity index (χ1n) is 7.22. The van der Waals surface area contributed by atoms with Crippen LogP contribution in [0.1, 0.15) is 34.7 Å². The first-order valence-corrected chi connectivity index (χ1v) is 8.02. The molecule has 0 aliphatic carbocycles. The van der Waals surface area contributed by atoms with Crippen molar-refractivity contribution >= 4 is 39.3 Å². The summed E-state index contributed by atoms with van der Waals surface area (Å²) in [7, 11) is 1.63. The maximum Gasteiger partial charge on any atom is 0.355 e. The van der Waals surface area contributed by atoms with Gasteiger partial charge in [-0.05, 0) is 38.1 Å². The zero-order valence-corrected chi connectivity index (χ0v) is 15.1. The van der Waals surface area contributed by atoms with Crippen molar-refractivity contribution in [1.82, 2.24) is 4.57 Å². The molecular formula is C17H17BrN2O4. The fourth-order valence-corrected chi connectivity index (χ4v) is 2.44. The predicted octanol–water partition coefficient (Wildman–Crippen LogP) is 3.17. The Labute approximate surface area is 147 Å². The summed E-state index contributed by atoms with van der Waals surface area (Å²) in [5, 5.41) is 2.67. The Morgan fingerprint density at radius 1 is 1.25 bits per heavy atom. The molecule has 24 heavy (non-hydrogen) atoms. The van der Waals surface area contributed by atoms with Gasteiger partial charge in [0.15, 0.2) is 11.9 Å². The molecule has 0 radical (unpaired) electrons. The van der Waals surface area contributed by atoms with Crippen molar-refractivity contribution in [2.45, 2.75) is 20.0 Å². The van der Waals surface area contributed by atoms with E-state index in [2.05, 4.69) is 21.2 Å². The number of Topliss-reactive ketones (excluding diaryl/α,β-unsaturated/α-hetero) is 1. The number of esters is 1. The number of nitrogens with zero attached hydrogens (tertiary/aromatic N) is 1. The van der Waals surface area contributed by atoms with Crippen LogP contribution in [-0.2, 0) is 16.6 Å². The first kappa shape index (κ1) is 17.9. The van der Waals surface area contributed by atoms with E-state index in [1.54, 1.807) is 31.4 Å². The number of aromatic nitrogens is 1. The second kappa shape index (κ2) is 7.44. The third-order valence-corrected chi connectivity index (χ3v) is 3.86. The van der Waals surface area contributed by atoms with Crippen molar-refractivity contribution in [2.24, 2.45) is 7.05 Å². The number of ether oxygens (including phenoxy) is 1. The molecule has 0 saturated heterocycles. The van der Waals surface area contributed by atoms with E-state index in [1.165, 1.54) is 24.5 Å². The van der Waals surface area contributed by atoms with Gasteiger partial charge in [0.1, 0.15) is 5.69 Å². The quantitative estimate of drug-likeness (QED) is 0.625. The summed E-state index contributed by atoms with van der Waals surface area (Å²) >= 11 is 3.31. The van der Waals surface area contributed by atoms with Crippen LogP contribution in [-0.4, -0.2) is 28.3 Å². The summed E-state index contributed by atoms with van der Waals surface area (Å²) in [6, 6.07) is 8.53. The summed E-state index contributed by atoms with van der Waals surface area (Å²) in [5.74, 6) is -1.26. The molecule has 2 aromatic rings. The van der Waals surface area contributed by atoms with Gasteiger partial charge in [-0.2, -0.15) is 0 Å². The molecule has 1 aromatic carbocycles. The SMILES string of the molecule is CC(=O)c1cc(C(=O)O[C@H](C)C(=O)Nc2cccc(Br)c2)n(C)c1. The number of hydrogen-bond donors (Lipinski definition) is 1. The third kappa shape index (κ3) is 4.32. The third-order valence-electron chi connectivity index (χ3n) is 3.37. The largest absolute Gasteiger partial charge is 0.448 e. The number of halogens is 1. The van der Waals surface area contributed by atoms with Crippen molar-refractivity contribution in [3.63, 3.8) is 0 Å². The van der Waals surface area contributed by atoms with E-state index in [0.29, 0.717) is 11.3 Å². The van der Waals surface area contributed by atoms with E-state index >= 15 is 0 Å². The highest BCUT2D eigenvalue weighted by molar-refractivity contribution is 9.10. The Kier molecular flexibility index (Phi) is 5.56. The van der Waals surface area contributed by atoms with Crippen molar-refractivity contribution in [1.29, 1.82) is 0 Å². The van der Waals surface area contributed by atoms with Crippen LogP contribution in [0.2, 0.25) is 0 Å². The van der Waals surface area contributed by atoms with Gasteiger partial charge in [-0.1, -0.05) is 22.0 Å². The molecule has 6 nitrogen and oxygen atoms in total. The van der Waals surface area contributed by atoms with Gasteiger partial charge in [0.25, 0.3) is 5.91 Å². The van der Waals surface area contributed by atoms with Gasteiger partial charge in [0, 0.05) is 29.0 Å². The fraction of sp³-hybridized carbons (Fsp3) is 0.235. The van der Waals surface area contributed by atoms with Gasteiger partial charge >= 0.3 is 5.97 Å². The highest BCUT2D eigenvalue weighted by Gasteiger charge is 2.22. The minimum absolute atomic E-state index is 0.148. The van der Waals surface area contributed by atoms with E-state index in [4.69, 9.17) is 4.74 Å². The number of hydrogen-bond acceptors (Lipinski definition) is 4. The van der Waals surface area contributed by atoms with Gasteiger partial charge in [-0.3, -0.25) is 9.59 Å². The lowest BCUT2D eigenvalue weighted by Gasteiger charge is -2.14. The maximum absolute atomic E-state index is 12.2.